The van der Waals surface area contributed by atoms with E-state index in [1.807, 2.05) is 7.05 Å². The minimum Gasteiger partial charge on any atom is -0.368 e. The van der Waals surface area contributed by atoms with E-state index in [1.54, 1.807) is 6.07 Å². The molecule has 0 spiro atoms. The molecule has 0 aliphatic carbocycles. The Bertz CT molecular complexity index is 409. The maximum atomic E-state index is 5.93. The fraction of sp³-hybridized carbons (Fsp3) is 0.692. The molecule has 1 aliphatic heterocycles. The third-order valence-corrected chi connectivity index (χ3v) is 4.03. The van der Waals surface area contributed by atoms with Gasteiger partial charge in [-0.2, -0.15) is 4.98 Å². The Labute approximate surface area is 119 Å². The minimum atomic E-state index is 0.231. The largest absolute Gasteiger partial charge is 0.368 e. The van der Waals surface area contributed by atoms with Crippen molar-refractivity contribution < 1.29 is 0 Å². The van der Waals surface area contributed by atoms with Gasteiger partial charge in [0.25, 0.3) is 0 Å². The molecule has 0 atom stereocenters. The van der Waals surface area contributed by atoms with Gasteiger partial charge in [0.2, 0.25) is 5.95 Å². The van der Waals surface area contributed by atoms with Crippen LogP contribution in [-0.2, 0) is 0 Å². The summed E-state index contributed by atoms with van der Waals surface area (Å²) in [6, 6.07) is 2.88. The molecule has 0 unspecified atom stereocenters. The number of aromatic nitrogens is 2. The summed E-state index contributed by atoms with van der Waals surface area (Å²) in [6.45, 7) is 6.74. The predicted octanol–water partition coefficient (Wildman–Crippen LogP) is 2.02. The van der Waals surface area contributed by atoms with E-state index < -0.39 is 0 Å². The van der Waals surface area contributed by atoms with Crippen molar-refractivity contribution in [3.8, 4) is 0 Å². The first-order chi connectivity index (χ1) is 8.97. The van der Waals surface area contributed by atoms with Crippen molar-refractivity contribution in [2.24, 2.45) is 0 Å². The van der Waals surface area contributed by atoms with E-state index >= 15 is 0 Å². The molecular weight excluding hydrogens is 262 g/mol. The highest BCUT2D eigenvalue weighted by Gasteiger charge is 2.24. The van der Waals surface area contributed by atoms with Gasteiger partial charge in [0.05, 0.1) is 0 Å². The van der Waals surface area contributed by atoms with Crippen LogP contribution < -0.4 is 10.6 Å². The third-order valence-electron chi connectivity index (χ3n) is 3.84. The second-order valence-electron chi connectivity index (χ2n) is 5.38. The van der Waals surface area contributed by atoms with Crippen LogP contribution in [-0.4, -0.2) is 47.1 Å². The summed E-state index contributed by atoms with van der Waals surface area (Å²) in [5, 5.41) is 0.397. The van der Waals surface area contributed by atoms with Crippen LogP contribution in [0.1, 0.15) is 26.7 Å². The van der Waals surface area contributed by atoms with Crippen molar-refractivity contribution in [3.63, 3.8) is 0 Å². The van der Waals surface area contributed by atoms with Gasteiger partial charge in [-0.15, -0.1) is 0 Å². The van der Waals surface area contributed by atoms with Crippen molar-refractivity contribution >= 4 is 23.4 Å². The molecule has 6 heteroatoms. The zero-order valence-electron chi connectivity index (χ0n) is 11.8. The number of rotatable bonds is 3. The Balaban J connectivity index is 2.02. The summed E-state index contributed by atoms with van der Waals surface area (Å²) in [5.74, 6) is 1.04. The molecule has 2 rings (SSSR count). The van der Waals surface area contributed by atoms with Crippen LogP contribution in [0.25, 0.3) is 0 Å². The number of likely N-dealkylation sites (tertiary alicyclic amines) is 1. The molecule has 0 amide bonds. The standard InChI is InChI=1S/C13H22ClN5/c1-9(2)19-6-4-10(5-7-19)18(3)12-8-11(14)16-13(15)17-12/h8-10H,4-7H2,1-3H3,(H2,15,16,17). The molecule has 1 fully saturated rings. The normalized spacial score (nSPS) is 17.9. The first kappa shape index (κ1) is 14.3. The molecule has 106 valence electrons. The average Bonchev–Trinajstić information content (AvgIpc) is 2.37. The first-order valence-electron chi connectivity index (χ1n) is 6.74. The monoisotopic (exact) mass is 283 g/mol. The summed E-state index contributed by atoms with van der Waals surface area (Å²) < 4.78 is 0. The number of hydrogen-bond donors (Lipinski definition) is 1. The number of nitrogens with zero attached hydrogens (tertiary/aromatic N) is 4. The van der Waals surface area contributed by atoms with Crippen molar-refractivity contribution in [3.05, 3.63) is 11.2 Å². The van der Waals surface area contributed by atoms with Gasteiger partial charge in [-0.25, -0.2) is 4.98 Å². The lowest BCUT2D eigenvalue weighted by atomic mass is 10.0. The van der Waals surface area contributed by atoms with E-state index in [9.17, 15) is 0 Å². The molecule has 0 aromatic carbocycles. The molecule has 1 saturated heterocycles. The number of nitrogens with two attached hydrogens (primary N) is 1. The van der Waals surface area contributed by atoms with Gasteiger partial charge in [0.1, 0.15) is 11.0 Å². The summed E-state index contributed by atoms with van der Waals surface area (Å²) in [4.78, 5) is 12.8. The Hall–Kier alpha value is -1.07. The Morgan fingerprint density at radius 3 is 2.53 bits per heavy atom. The van der Waals surface area contributed by atoms with Crippen LogP contribution in [0, 0.1) is 0 Å². The maximum Gasteiger partial charge on any atom is 0.223 e. The van der Waals surface area contributed by atoms with Gasteiger partial charge < -0.3 is 15.5 Å². The lowest BCUT2D eigenvalue weighted by molar-refractivity contribution is 0.171. The van der Waals surface area contributed by atoms with E-state index in [2.05, 4.69) is 33.6 Å². The zero-order chi connectivity index (χ0) is 14.0. The van der Waals surface area contributed by atoms with Crippen LogP contribution in [0.15, 0.2) is 6.07 Å². The Morgan fingerprint density at radius 2 is 2.00 bits per heavy atom. The summed E-state index contributed by atoms with van der Waals surface area (Å²) in [5.41, 5.74) is 5.65. The molecular formula is C13H22ClN5. The van der Waals surface area contributed by atoms with E-state index in [0.717, 1.165) is 31.7 Å². The highest BCUT2D eigenvalue weighted by atomic mass is 35.5. The lowest BCUT2D eigenvalue weighted by Crippen LogP contribution is -2.46. The van der Waals surface area contributed by atoms with E-state index in [1.165, 1.54) is 0 Å². The molecule has 2 heterocycles. The highest BCUT2D eigenvalue weighted by molar-refractivity contribution is 6.29. The number of nitrogen functional groups attached to an aromatic ring is 1. The van der Waals surface area contributed by atoms with Gasteiger partial charge in [0, 0.05) is 38.3 Å². The fourth-order valence-corrected chi connectivity index (χ4v) is 2.76. The number of hydrogen-bond acceptors (Lipinski definition) is 5. The minimum absolute atomic E-state index is 0.231. The second-order valence-corrected chi connectivity index (χ2v) is 5.77. The van der Waals surface area contributed by atoms with E-state index in [-0.39, 0.29) is 5.95 Å². The Kier molecular flexibility index (Phi) is 4.47. The molecule has 2 N–H and O–H groups in total. The number of halogens is 1. The third kappa shape index (κ3) is 3.48. The molecule has 5 nitrogen and oxygen atoms in total. The summed E-state index contributed by atoms with van der Waals surface area (Å²) in [6.07, 6.45) is 2.27. The van der Waals surface area contributed by atoms with Gasteiger partial charge >= 0.3 is 0 Å². The van der Waals surface area contributed by atoms with Crippen molar-refractivity contribution in [2.75, 3.05) is 30.8 Å². The first-order valence-corrected chi connectivity index (χ1v) is 7.12. The van der Waals surface area contributed by atoms with Crippen LogP contribution in [0.4, 0.5) is 11.8 Å². The van der Waals surface area contributed by atoms with Crippen molar-refractivity contribution in [1.82, 2.24) is 14.9 Å². The molecule has 0 bridgehead atoms. The molecule has 19 heavy (non-hydrogen) atoms. The van der Waals surface area contributed by atoms with Crippen molar-refractivity contribution in [1.29, 1.82) is 0 Å². The lowest BCUT2D eigenvalue weighted by Gasteiger charge is -2.39. The van der Waals surface area contributed by atoms with Crippen LogP contribution in [0.2, 0.25) is 5.15 Å². The van der Waals surface area contributed by atoms with Gasteiger partial charge in [-0.05, 0) is 26.7 Å². The maximum absolute atomic E-state index is 5.93. The molecule has 1 aromatic heterocycles. The zero-order valence-corrected chi connectivity index (χ0v) is 12.6. The number of anilines is 2. The van der Waals surface area contributed by atoms with Crippen LogP contribution >= 0.6 is 11.6 Å². The van der Waals surface area contributed by atoms with E-state index in [0.29, 0.717) is 17.2 Å². The highest BCUT2D eigenvalue weighted by Crippen LogP contribution is 2.23. The average molecular weight is 284 g/mol. The Morgan fingerprint density at radius 1 is 1.37 bits per heavy atom. The molecule has 1 aliphatic rings. The predicted molar refractivity (Wildman–Crippen MR) is 79.6 cm³/mol. The molecule has 0 radical (unpaired) electrons. The summed E-state index contributed by atoms with van der Waals surface area (Å²) in [7, 11) is 2.05. The SMILES string of the molecule is CC(C)N1CCC(N(C)c2cc(Cl)nc(N)n2)CC1. The summed E-state index contributed by atoms with van der Waals surface area (Å²) >= 11 is 5.93. The molecule has 1 aromatic rings. The van der Waals surface area contributed by atoms with Crippen LogP contribution in [0.5, 0.6) is 0 Å². The topological polar surface area (TPSA) is 58.3 Å². The van der Waals surface area contributed by atoms with Crippen molar-refractivity contribution in [2.45, 2.75) is 38.8 Å². The molecule has 0 saturated carbocycles. The fourth-order valence-electron chi connectivity index (χ4n) is 2.58. The van der Waals surface area contributed by atoms with Gasteiger partial charge in [-0.1, -0.05) is 11.6 Å². The second kappa shape index (κ2) is 5.92. The quantitative estimate of drug-likeness (QED) is 0.860. The number of piperidine rings is 1. The van der Waals surface area contributed by atoms with Gasteiger partial charge in [-0.3, -0.25) is 0 Å². The van der Waals surface area contributed by atoms with Gasteiger partial charge in [0.15, 0.2) is 0 Å². The van der Waals surface area contributed by atoms with E-state index in [4.69, 9.17) is 17.3 Å². The smallest absolute Gasteiger partial charge is 0.223 e. The van der Waals surface area contributed by atoms with Crippen LogP contribution in [0.3, 0.4) is 0 Å².